The zero-order chi connectivity index (χ0) is 26.6. The van der Waals surface area contributed by atoms with Gasteiger partial charge in [-0.1, -0.05) is 12.1 Å². The second-order valence-corrected chi connectivity index (χ2v) is 11.1. The summed E-state index contributed by atoms with van der Waals surface area (Å²) in [7, 11) is 0. The van der Waals surface area contributed by atoms with Crippen molar-refractivity contribution in [3.05, 3.63) is 60.9 Å². The van der Waals surface area contributed by atoms with Gasteiger partial charge in [-0.15, -0.1) is 0 Å². The van der Waals surface area contributed by atoms with Crippen LogP contribution in [0.25, 0.3) is 22.2 Å². The lowest BCUT2D eigenvalue weighted by molar-refractivity contribution is 0.250. The predicted molar refractivity (Wildman–Crippen MR) is 151 cm³/mol. The molecule has 1 atom stereocenters. The molecule has 0 aliphatic heterocycles. The molecule has 198 valence electrons. The summed E-state index contributed by atoms with van der Waals surface area (Å²) < 4.78 is 20.7. The highest BCUT2D eigenvalue weighted by atomic mass is 32.2. The Morgan fingerprint density at radius 2 is 1.92 bits per heavy atom. The summed E-state index contributed by atoms with van der Waals surface area (Å²) in [5.74, 6) is 0.998. The number of hydrogen-bond donors (Lipinski definition) is 3. The number of urea groups is 1. The summed E-state index contributed by atoms with van der Waals surface area (Å²) in [6.45, 7) is 4.12. The van der Waals surface area contributed by atoms with Crippen molar-refractivity contribution in [1.29, 1.82) is 0 Å². The van der Waals surface area contributed by atoms with Crippen LogP contribution in [0.15, 0.2) is 66.1 Å². The number of nitrogens with one attached hydrogen (secondary N) is 2. The summed E-state index contributed by atoms with van der Waals surface area (Å²) in [6.07, 6.45) is 6.53. The number of ether oxygens (including phenoxy) is 1. The van der Waals surface area contributed by atoms with E-state index in [1.54, 1.807) is 18.5 Å². The highest BCUT2D eigenvalue weighted by molar-refractivity contribution is 7.91. The molecule has 9 nitrogen and oxygen atoms in total. The van der Waals surface area contributed by atoms with E-state index in [9.17, 15) is 9.35 Å². The first-order chi connectivity index (χ1) is 18.4. The second-order valence-electron chi connectivity index (χ2n) is 9.66. The van der Waals surface area contributed by atoms with E-state index in [4.69, 9.17) is 10.5 Å². The van der Waals surface area contributed by atoms with E-state index in [0.29, 0.717) is 28.4 Å². The van der Waals surface area contributed by atoms with Crippen LogP contribution >= 0.6 is 0 Å². The van der Waals surface area contributed by atoms with Gasteiger partial charge < -0.3 is 30.2 Å². The molecule has 10 heteroatoms. The Balaban J connectivity index is 1.38. The monoisotopic (exact) mass is 532 g/mol. The number of rotatable bonds is 9. The predicted octanol–water partition coefficient (Wildman–Crippen LogP) is 5.12. The number of hydrogen-bond acceptors (Lipinski definition) is 6. The average molecular weight is 533 g/mol. The van der Waals surface area contributed by atoms with Gasteiger partial charge in [-0.2, -0.15) is 9.97 Å². The van der Waals surface area contributed by atoms with Crippen LogP contribution in [0.5, 0.6) is 5.75 Å². The zero-order valence-electron chi connectivity index (χ0n) is 21.5. The number of nitrogens with zero attached hydrogens (tertiary/aromatic N) is 3. The Morgan fingerprint density at radius 1 is 1.18 bits per heavy atom. The van der Waals surface area contributed by atoms with Gasteiger partial charge in [0.2, 0.25) is 0 Å². The lowest BCUT2D eigenvalue weighted by Crippen LogP contribution is -2.34. The standard InChI is InChI=1S/C28H32N6O3S/c1-18(2)32-27(35)33-20-9-7-19(8-10-20)26-25(29)23-12-11-22(17-24(23)34(26)21-5-3-6-21)37-15-16-38(36)28-30-13-4-14-31-28/h4,7-14,17-18,21H,3,5-6,15-16,29H2,1-2H3,(H2,32,33,35). The SMILES string of the molecule is CC(C)NC(=O)Nc1ccc(-c2c(N)c3ccc(OCC[S+]([O-])c4ncccn4)cc3n2C2CCC2)cc1. The Morgan fingerprint density at radius 3 is 2.58 bits per heavy atom. The molecule has 2 heterocycles. The average Bonchev–Trinajstić information content (AvgIpc) is 3.15. The number of carbonyl (C=O) groups excluding carboxylic acids is 1. The number of amides is 2. The summed E-state index contributed by atoms with van der Waals surface area (Å²) in [6, 6.07) is 15.5. The first-order valence-electron chi connectivity index (χ1n) is 12.8. The van der Waals surface area contributed by atoms with Crippen molar-refractivity contribution in [1.82, 2.24) is 19.9 Å². The molecule has 0 radical (unpaired) electrons. The molecule has 4 N–H and O–H groups in total. The van der Waals surface area contributed by atoms with E-state index < -0.39 is 11.2 Å². The largest absolute Gasteiger partial charge is 0.609 e. The van der Waals surface area contributed by atoms with Crippen molar-refractivity contribution in [2.45, 2.75) is 50.4 Å². The normalized spacial score (nSPS) is 14.3. The fraction of sp³-hybridized carbons (Fsp3) is 0.321. The van der Waals surface area contributed by atoms with Crippen molar-refractivity contribution in [2.24, 2.45) is 0 Å². The molecule has 4 aromatic rings. The van der Waals surface area contributed by atoms with E-state index in [1.165, 1.54) is 6.42 Å². The molecule has 2 aromatic heterocycles. The molecule has 1 aliphatic rings. The van der Waals surface area contributed by atoms with Crippen LogP contribution in [-0.2, 0) is 11.2 Å². The lowest BCUT2D eigenvalue weighted by atomic mass is 9.92. The van der Waals surface area contributed by atoms with E-state index in [0.717, 1.165) is 40.7 Å². The van der Waals surface area contributed by atoms with E-state index in [-0.39, 0.29) is 18.7 Å². The zero-order valence-corrected chi connectivity index (χ0v) is 22.3. The number of anilines is 2. The number of fused-ring (bicyclic) bond motifs is 1. The van der Waals surface area contributed by atoms with Gasteiger partial charge in [0.05, 0.1) is 16.9 Å². The van der Waals surface area contributed by atoms with Crippen molar-refractivity contribution >= 4 is 39.5 Å². The van der Waals surface area contributed by atoms with E-state index >= 15 is 0 Å². The van der Waals surface area contributed by atoms with Crippen LogP contribution < -0.4 is 21.1 Å². The van der Waals surface area contributed by atoms with Crippen molar-refractivity contribution in [3.63, 3.8) is 0 Å². The minimum atomic E-state index is -1.32. The minimum absolute atomic E-state index is 0.0566. The fourth-order valence-corrected chi connectivity index (χ4v) is 5.37. The smallest absolute Gasteiger partial charge is 0.342 e. The molecular weight excluding hydrogens is 500 g/mol. The summed E-state index contributed by atoms with van der Waals surface area (Å²) >= 11 is -1.32. The molecule has 0 saturated heterocycles. The second kappa shape index (κ2) is 11.3. The minimum Gasteiger partial charge on any atom is -0.609 e. The fourth-order valence-electron chi connectivity index (χ4n) is 4.60. The molecule has 38 heavy (non-hydrogen) atoms. The van der Waals surface area contributed by atoms with Crippen LogP contribution in [0, 0.1) is 0 Å². The van der Waals surface area contributed by atoms with Gasteiger partial charge in [0, 0.05) is 58.4 Å². The maximum atomic E-state index is 12.4. The van der Waals surface area contributed by atoms with Crippen LogP contribution in [-0.4, -0.2) is 43.5 Å². The third kappa shape index (κ3) is 5.56. The highest BCUT2D eigenvalue weighted by Gasteiger charge is 2.27. The third-order valence-corrected chi connectivity index (χ3v) is 7.73. The van der Waals surface area contributed by atoms with Gasteiger partial charge in [0.1, 0.15) is 18.1 Å². The maximum absolute atomic E-state index is 12.4. The van der Waals surface area contributed by atoms with E-state index in [2.05, 4.69) is 25.2 Å². The van der Waals surface area contributed by atoms with Crippen molar-refractivity contribution < 1.29 is 14.1 Å². The Bertz CT molecular complexity index is 1400. The molecule has 1 aliphatic carbocycles. The molecule has 1 saturated carbocycles. The molecule has 1 fully saturated rings. The first kappa shape index (κ1) is 25.9. The number of nitrogen functional groups attached to an aromatic ring is 1. The Kier molecular flexibility index (Phi) is 7.71. The lowest BCUT2D eigenvalue weighted by Gasteiger charge is -2.30. The van der Waals surface area contributed by atoms with Crippen LogP contribution in [0.3, 0.4) is 0 Å². The maximum Gasteiger partial charge on any atom is 0.342 e. The topological polar surface area (TPSA) is 130 Å². The Hall–Kier alpha value is -3.76. The van der Waals surface area contributed by atoms with E-state index in [1.807, 2.05) is 56.3 Å². The quantitative estimate of drug-likeness (QED) is 0.203. The van der Waals surface area contributed by atoms with Gasteiger partial charge >= 0.3 is 11.2 Å². The Labute approximate surface area is 225 Å². The number of benzene rings is 2. The molecule has 2 amide bonds. The summed E-state index contributed by atoms with van der Waals surface area (Å²) in [4.78, 5) is 20.2. The van der Waals surface area contributed by atoms with Crippen LogP contribution in [0.4, 0.5) is 16.2 Å². The van der Waals surface area contributed by atoms with Gasteiger partial charge in [0.25, 0.3) is 0 Å². The summed E-state index contributed by atoms with van der Waals surface area (Å²) in [5.41, 5.74) is 11.1. The van der Waals surface area contributed by atoms with Crippen molar-refractivity contribution in [2.75, 3.05) is 23.4 Å². The molecule has 0 bridgehead atoms. The molecule has 0 spiro atoms. The molecule has 2 aromatic carbocycles. The number of carbonyl (C=O) groups is 1. The number of nitrogens with two attached hydrogens (primary N) is 1. The molecule has 5 rings (SSSR count). The molecule has 1 unspecified atom stereocenters. The summed E-state index contributed by atoms with van der Waals surface area (Å²) in [5, 5.41) is 6.97. The molecular formula is C28H32N6O3S. The third-order valence-electron chi connectivity index (χ3n) is 6.57. The highest BCUT2D eigenvalue weighted by Crippen LogP contribution is 2.44. The first-order valence-corrected chi connectivity index (χ1v) is 14.1. The van der Waals surface area contributed by atoms with Crippen LogP contribution in [0.1, 0.15) is 39.2 Å². The van der Waals surface area contributed by atoms with Gasteiger partial charge in [-0.05, 0) is 63.4 Å². The van der Waals surface area contributed by atoms with Gasteiger partial charge in [0.15, 0.2) is 0 Å². The number of aromatic nitrogens is 3. The van der Waals surface area contributed by atoms with Gasteiger partial charge in [-0.25, -0.2) is 4.79 Å². The van der Waals surface area contributed by atoms with Crippen LogP contribution in [0.2, 0.25) is 0 Å². The van der Waals surface area contributed by atoms with Gasteiger partial charge in [-0.3, -0.25) is 0 Å². The van der Waals surface area contributed by atoms with Crippen molar-refractivity contribution in [3.8, 4) is 17.0 Å².